The first-order chi connectivity index (χ1) is 8.88. The second kappa shape index (κ2) is 6.78. The SMILES string of the molecule is CCC(C)C(C)NC(=O)NCC1(CC(=O)O)CCC1. The van der Waals surface area contributed by atoms with E-state index >= 15 is 0 Å². The van der Waals surface area contributed by atoms with Crippen LogP contribution in [-0.4, -0.2) is 29.7 Å². The van der Waals surface area contributed by atoms with Gasteiger partial charge < -0.3 is 15.7 Å². The van der Waals surface area contributed by atoms with Crippen molar-refractivity contribution in [1.29, 1.82) is 0 Å². The average Bonchev–Trinajstić information content (AvgIpc) is 2.30. The Morgan fingerprint density at radius 2 is 1.95 bits per heavy atom. The maximum atomic E-state index is 11.8. The molecule has 0 aromatic carbocycles. The minimum atomic E-state index is -0.783. The number of aliphatic carboxylic acids is 1. The van der Waals surface area contributed by atoms with E-state index in [-0.39, 0.29) is 23.9 Å². The van der Waals surface area contributed by atoms with Crippen LogP contribution >= 0.6 is 0 Å². The summed E-state index contributed by atoms with van der Waals surface area (Å²) in [6.07, 6.45) is 4.00. The van der Waals surface area contributed by atoms with Crippen molar-refractivity contribution >= 4 is 12.0 Å². The van der Waals surface area contributed by atoms with E-state index in [4.69, 9.17) is 5.11 Å². The molecule has 110 valence electrons. The van der Waals surface area contributed by atoms with Crippen molar-refractivity contribution in [2.24, 2.45) is 11.3 Å². The molecule has 0 aromatic heterocycles. The number of carbonyl (C=O) groups excluding carboxylic acids is 1. The molecule has 2 atom stereocenters. The van der Waals surface area contributed by atoms with Gasteiger partial charge in [-0.05, 0) is 31.1 Å². The number of carboxylic acids is 1. The third-order valence-electron chi connectivity index (χ3n) is 4.42. The molecule has 0 saturated heterocycles. The molecule has 0 spiro atoms. The van der Waals surface area contributed by atoms with Gasteiger partial charge in [0.2, 0.25) is 0 Å². The molecular weight excluding hydrogens is 244 g/mol. The number of urea groups is 1. The number of carboxylic acid groups (broad SMARTS) is 1. The number of hydrogen-bond acceptors (Lipinski definition) is 2. The van der Waals surface area contributed by atoms with Gasteiger partial charge >= 0.3 is 12.0 Å². The first-order valence-electron chi connectivity index (χ1n) is 7.15. The summed E-state index contributed by atoms with van der Waals surface area (Å²) >= 11 is 0. The summed E-state index contributed by atoms with van der Waals surface area (Å²) in [6.45, 7) is 6.64. The molecule has 0 bridgehead atoms. The maximum absolute atomic E-state index is 11.8. The van der Waals surface area contributed by atoms with Gasteiger partial charge in [-0.1, -0.05) is 26.7 Å². The highest BCUT2D eigenvalue weighted by Gasteiger charge is 2.39. The second-order valence-electron chi connectivity index (χ2n) is 5.93. The quantitative estimate of drug-likeness (QED) is 0.664. The van der Waals surface area contributed by atoms with Gasteiger partial charge in [0.05, 0.1) is 6.42 Å². The molecule has 1 rings (SSSR count). The standard InChI is InChI=1S/C14H26N2O3/c1-4-10(2)11(3)16-13(19)15-9-14(6-5-7-14)8-12(17)18/h10-11H,4-9H2,1-3H3,(H,17,18)(H2,15,16,19). The van der Waals surface area contributed by atoms with Gasteiger partial charge in [0.1, 0.15) is 0 Å². The van der Waals surface area contributed by atoms with Crippen LogP contribution in [0.25, 0.3) is 0 Å². The van der Waals surface area contributed by atoms with Crippen LogP contribution in [0.1, 0.15) is 52.9 Å². The third kappa shape index (κ3) is 4.73. The number of nitrogens with one attached hydrogen (secondary N) is 2. The summed E-state index contributed by atoms with van der Waals surface area (Å²) in [7, 11) is 0. The van der Waals surface area contributed by atoms with E-state index in [2.05, 4.69) is 24.5 Å². The average molecular weight is 270 g/mol. The first kappa shape index (κ1) is 15.8. The molecule has 1 saturated carbocycles. The van der Waals surface area contributed by atoms with Crippen LogP contribution in [0.3, 0.4) is 0 Å². The van der Waals surface area contributed by atoms with Gasteiger partial charge in [-0.15, -0.1) is 0 Å². The van der Waals surface area contributed by atoms with E-state index in [9.17, 15) is 9.59 Å². The summed E-state index contributed by atoms with van der Waals surface area (Å²) in [4.78, 5) is 22.6. The number of amides is 2. The van der Waals surface area contributed by atoms with E-state index in [0.29, 0.717) is 12.5 Å². The molecule has 0 aromatic rings. The van der Waals surface area contributed by atoms with Crippen LogP contribution in [0, 0.1) is 11.3 Å². The fourth-order valence-corrected chi connectivity index (χ4v) is 2.44. The highest BCUT2D eigenvalue weighted by Crippen LogP contribution is 2.43. The Hall–Kier alpha value is -1.26. The Kier molecular flexibility index (Phi) is 5.63. The van der Waals surface area contributed by atoms with Crippen molar-refractivity contribution in [3.63, 3.8) is 0 Å². The van der Waals surface area contributed by atoms with Crippen LogP contribution in [0.15, 0.2) is 0 Å². The van der Waals surface area contributed by atoms with Gasteiger partial charge in [-0.25, -0.2) is 4.79 Å². The highest BCUT2D eigenvalue weighted by atomic mass is 16.4. The van der Waals surface area contributed by atoms with Crippen molar-refractivity contribution in [3.8, 4) is 0 Å². The van der Waals surface area contributed by atoms with Crippen molar-refractivity contribution in [2.75, 3.05) is 6.54 Å². The number of rotatable bonds is 7. The van der Waals surface area contributed by atoms with Crippen LogP contribution in [0.2, 0.25) is 0 Å². The lowest BCUT2D eigenvalue weighted by atomic mass is 9.66. The van der Waals surface area contributed by atoms with Crippen LogP contribution in [0.4, 0.5) is 4.79 Å². The van der Waals surface area contributed by atoms with Crippen LogP contribution in [0.5, 0.6) is 0 Å². The topological polar surface area (TPSA) is 78.4 Å². The Balaban J connectivity index is 2.34. The van der Waals surface area contributed by atoms with Crippen molar-refractivity contribution in [2.45, 2.75) is 58.9 Å². The summed E-state index contributed by atoms with van der Waals surface area (Å²) in [6, 6.07) is -0.0636. The Bertz CT molecular complexity index is 327. The molecule has 3 N–H and O–H groups in total. The van der Waals surface area contributed by atoms with Gasteiger partial charge in [0.25, 0.3) is 0 Å². The van der Waals surface area contributed by atoms with Gasteiger partial charge in [-0.3, -0.25) is 4.79 Å². The monoisotopic (exact) mass is 270 g/mol. The lowest BCUT2D eigenvalue weighted by Crippen LogP contribution is -2.49. The lowest BCUT2D eigenvalue weighted by Gasteiger charge is -2.40. The van der Waals surface area contributed by atoms with E-state index in [1.54, 1.807) is 0 Å². The van der Waals surface area contributed by atoms with Gasteiger partial charge in [-0.2, -0.15) is 0 Å². The van der Waals surface area contributed by atoms with Gasteiger partial charge in [0, 0.05) is 12.6 Å². The van der Waals surface area contributed by atoms with E-state index in [0.717, 1.165) is 25.7 Å². The molecule has 0 radical (unpaired) electrons. The Morgan fingerprint density at radius 1 is 1.32 bits per heavy atom. The van der Waals surface area contributed by atoms with Crippen molar-refractivity contribution in [1.82, 2.24) is 10.6 Å². The molecule has 0 heterocycles. The van der Waals surface area contributed by atoms with E-state index in [1.807, 2.05) is 6.92 Å². The minimum Gasteiger partial charge on any atom is -0.481 e. The number of hydrogen-bond donors (Lipinski definition) is 3. The zero-order valence-corrected chi connectivity index (χ0v) is 12.2. The predicted molar refractivity (Wildman–Crippen MR) is 74.0 cm³/mol. The van der Waals surface area contributed by atoms with E-state index in [1.165, 1.54) is 0 Å². The molecule has 2 amide bonds. The molecule has 1 aliphatic carbocycles. The summed E-state index contributed by atoms with van der Waals surface area (Å²) in [5.41, 5.74) is -0.219. The Morgan fingerprint density at radius 3 is 2.37 bits per heavy atom. The van der Waals surface area contributed by atoms with Crippen LogP contribution < -0.4 is 10.6 Å². The molecule has 1 aliphatic rings. The highest BCUT2D eigenvalue weighted by molar-refractivity contribution is 5.74. The fourth-order valence-electron chi connectivity index (χ4n) is 2.44. The first-order valence-corrected chi connectivity index (χ1v) is 7.15. The zero-order valence-electron chi connectivity index (χ0n) is 12.2. The van der Waals surface area contributed by atoms with Gasteiger partial charge in [0.15, 0.2) is 0 Å². The molecule has 5 heteroatoms. The summed E-state index contributed by atoms with van der Waals surface area (Å²) in [5.74, 6) is -0.350. The lowest BCUT2D eigenvalue weighted by molar-refractivity contribution is -0.141. The second-order valence-corrected chi connectivity index (χ2v) is 5.93. The largest absolute Gasteiger partial charge is 0.481 e. The maximum Gasteiger partial charge on any atom is 0.315 e. The summed E-state index contributed by atoms with van der Waals surface area (Å²) in [5, 5.41) is 14.6. The smallest absolute Gasteiger partial charge is 0.315 e. The molecule has 5 nitrogen and oxygen atoms in total. The summed E-state index contributed by atoms with van der Waals surface area (Å²) < 4.78 is 0. The molecule has 19 heavy (non-hydrogen) atoms. The predicted octanol–water partition coefficient (Wildman–Crippen LogP) is 2.37. The molecular formula is C14H26N2O3. The van der Waals surface area contributed by atoms with Crippen molar-refractivity contribution in [3.05, 3.63) is 0 Å². The fraction of sp³-hybridized carbons (Fsp3) is 0.857. The molecule has 0 aliphatic heterocycles. The molecule has 2 unspecified atom stereocenters. The molecule has 1 fully saturated rings. The van der Waals surface area contributed by atoms with Crippen molar-refractivity contribution < 1.29 is 14.7 Å². The minimum absolute atomic E-state index is 0.127. The Labute approximate surface area is 115 Å². The normalized spacial score (nSPS) is 19.9. The van der Waals surface area contributed by atoms with Crippen LogP contribution in [-0.2, 0) is 4.79 Å². The number of carbonyl (C=O) groups is 2. The zero-order chi connectivity index (χ0) is 14.5. The van der Waals surface area contributed by atoms with E-state index < -0.39 is 5.97 Å². The third-order valence-corrected chi connectivity index (χ3v) is 4.42.